The van der Waals surface area contributed by atoms with Crippen molar-refractivity contribution in [3.05, 3.63) is 35.0 Å². The summed E-state index contributed by atoms with van der Waals surface area (Å²) in [6.45, 7) is 4.77. The number of aromatic nitrogens is 2. The molecule has 1 saturated carbocycles. The minimum absolute atomic E-state index is 0.0800. The van der Waals surface area contributed by atoms with Crippen molar-refractivity contribution in [1.82, 2.24) is 10.2 Å². The van der Waals surface area contributed by atoms with Gasteiger partial charge in [0.15, 0.2) is 0 Å². The monoisotopic (exact) mass is 286 g/mol. The minimum atomic E-state index is -1.02. The number of carboxylic acid groups (broad SMARTS) is 1. The van der Waals surface area contributed by atoms with Gasteiger partial charge in [0.2, 0.25) is 0 Å². The first-order chi connectivity index (χ1) is 10.1. The summed E-state index contributed by atoms with van der Waals surface area (Å²) in [5.41, 5.74) is 3.74. The predicted molar refractivity (Wildman–Crippen MR) is 78.7 cm³/mol. The van der Waals surface area contributed by atoms with Crippen molar-refractivity contribution in [1.29, 1.82) is 0 Å². The van der Waals surface area contributed by atoms with Crippen LogP contribution in [0, 0.1) is 19.8 Å². The number of aromatic carboxylic acids is 1. The van der Waals surface area contributed by atoms with Crippen LogP contribution in [-0.4, -0.2) is 27.9 Å². The molecule has 2 N–H and O–H groups in total. The van der Waals surface area contributed by atoms with Crippen molar-refractivity contribution in [2.24, 2.45) is 5.92 Å². The molecule has 1 fully saturated rings. The molecule has 0 bridgehead atoms. The van der Waals surface area contributed by atoms with Crippen molar-refractivity contribution in [3.63, 3.8) is 0 Å². The molecule has 0 aliphatic heterocycles. The van der Waals surface area contributed by atoms with Gasteiger partial charge in [0.25, 0.3) is 0 Å². The van der Waals surface area contributed by atoms with Crippen LogP contribution in [0.15, 0.2) is 18.2 Å². The standard InChI is InChI=1S/C16H18N2O3/c1-9-3-6-12(13-7-14(16(19)20)18-17-13)15(10(9)2)21-8-11-4-5-11/h3,6-7,11H,4-5,8H2,1-2H3,(H,17,18)(H,19,20). The number of carboxylic acids is 1. The van der Waals surface area contributed by atoms with Crippen LogP contribution < -0.4 is 4.74 Å². The summed E-state index contributed by atoms with van der Waals surface area (Å²) in [4.78, 5) is 11.0. The largest absolute Gasteiger partial charge is 0.492 e. The molecule has 1 aliphatic carbocycles. The van der Waals surface area contributed by atoms with Crippen molar-refractivity contribution in [2.75, 3.05) is 6.61 Å². The van der Waals surface area contributed by atoms with Gasteiger partial charge < -0.3 is 9.84 Å². The number of rotatable bonds is 5. The first-order valence-electron chi connectivity index (χ1n) is 7.08. The van der Waals surface area contributed by atoms with Gasteiger partial charge >= 0.3 is 5.97 Å². The number of ether oxygens (including phenoxy) is 1. The summed E-state index contributed by atoms with van der Waals surface area (Å²) in [5, 5.41) is 15.6. The maximum absolute atomic E-state index is 11.0. The van der Waals surface area contributed by atoms with E-state index in [4.69, 9.17) is 9.84 Å². The van der Waals surface area contributed by atoms with Crippen molar-refractivity contribution >= 4 is 5.97 Å². The van der Waals surface area contributed by atoms with Gasteiger partial charge in [0, 0.05) is 5.56 Å². The summed E-state index contributed by atoms with van der Waals surface area (Å²) < 4.78 is 6.00. The first-order valence-corrected chi connectivity index (χ1v) is 7.08. The fourth-order valence-corrected chi connectivity index (χ4v) is 2.23. The van der Waals surface area contributed by atoms with E-state index in [-0.39, 0.29) is 5.69 Å². The molecule has 0 spiro atoms. The van der Waals surface area contributed by atoms with Crippen LogP contribution in [0.5, 0.6) is 5.75 Å². The highest BCUT2D eigenvalue weighted by Crippen LogP contribution is 2.36. The third-order valence-corrected chi connectivity index (χ3v) is 3.92. The maximum Gasteiger partial charge on any atom is 0.353 e. The van der Waals surface area contributed by atoms with E-state index in [0.717, 1.165) is 22.4 Å². The van der Waals surface area contributed by atoms with E-state index in [9.17, 15) is 4.79 Å². The number of hydrogen-bond acceptors (Lipinski definition) is 3. The van der Waals surface area contributed by atoms with Crippen molar-refractivity contribution in [2.45, 2.75) is 26.7 Å². The average Bonchev–Trinajstić information content (AvgIpc) is 3.14. The summed E-state index contributed by atoms with van der Waals surface area (Å²) in [7, 11) is 0. The van der Waals surface area contributed by atoms with E-state index in [1.54, 1.807) is 0 Å². The molecule has 0 amide bonds. The van der Waals surface area contributed by atoms with E-state index in [0.29, 0.717) is 18.2 Å². The highest BCUT2D eigenvalue weighted by atomic mass is 16.5. The average molecular weight is 286 g/mol. The normalized spacial score (nSPS) is 14.2. The Bertz CT molecular complexity index is 687. The SMILES string of the molecule is Cc1ccc(-c2cc(C(=O)O)[nH]n2)c(OCC2CC2)c1C. The number of benzene rings is 1. The molecule has 5 nitrogen and oxygen atoms in total. The maximum atomic E-state index is 11.0. The van der Waals surface area contributed by atoms with Gasteiger partial charge in [0.1, 0.15) is 11.4 Å². The Morgan fingerprint density at radius 1 is 1.43 bits per heavy atom. The molecular weight excluding hydrogens is 268 g/mol. The summed E-state index contributed by atoms with van der Waals surface area (Å²) in [6.07, 6.45) is 2.46. The van der Waals surface area contributed by atoms with Gasteiger partial charge in [-0.05, 0) is 55.9 Å². The van der Waals surface area contributed by atoms with Crippen LogP contribution in [0.25, 0.3) is 11.3 Å². The van der Waals surface area contributed by atoms with Crippen LogP contribution in [0.1, 0.15) is 34.5 Å². The van der Waals surface area contributed by atoms with Gasteiger partial charge in [-0.1, -0.05) is 6.07 Å². The lowest BCUT2D eigenvalue weighted by Gasteiger charge is -2.14. The number of nitrogens with zero attached hydrogens (tertiary/aromatic N) is 1. The Morgan fingerprint density at radius 2 is 2.19 bits per heavy atom. The Hall–Kier alpha value is -2.30. The number of aryl methyl sites for hydroxylation is 1. The van der Waals surface area contributed by atoms with E-state index < -0.39 is 5.97 Å². The Kier molecular flexibility index (Phi) is 3.41. The predicted octanol–water partition coefficient (Wildman–Crippen LogP) is 3.18. The van der Waals surface area contributed by atoms with Crippen LogP contribution in [0.3, 0.4) is 0 Å². The van der Waals surface area contributed by atoms with Crippen LogP contribution in [-0.2, 0) is 0 Å². The fourth-order valence-electron chi connectivity index (χ4n) is 2.23. The summed E-state index contributed by atoms with van der Waals surface area (Å²) in [5.74, 6) is 0.454. The van der Waals surface area contributed by atoms with Gasteiger partial charge in [-0.25, -0.2) is 4.79 Å². The van der Waals surface area contributed by atoms with E-state index in [2.05, 4.69) is 10.2 Å². The quantitative estimate of drug-likeness (QED) is 0.885. The molecule has 0 saturated heterocycles. The molecule has 1 aromatic carbocycles. The van der Waals surface area contributed by atoms with Crippen LogP contribution in [0.2, 0.25) is 0 Å². The van der Waals surface area contributed by atoms with Crippen LogP contribution in [0.4, 0.5) is 0 Å². The van der Waals surface area contributed by atoms with Crippen molar-refractivity contribution < 1.29 is 14.6 Å². The Morgan fingerprint density at radius 3 is 2.81 bits per heavy atom. The fraction of sp³-hybridized carbons (Fsp3) is 0.375. The number of aromatic amines is 1. The lowest BCUT2D eigenvalue weighted by Crippen LogP contribution is -2.03. The smallest absolute Gasteiger partial charge is 0.353 e. The molecule has 3 rings (SSSR count). The van der Waals surface area contributed by atoms with E-state index in [1.165, 1.54) is 18.9 Å². The molecule has 0 unspecified atom stereocenters. The zero-order valence-electron chi connectivity index (χ0n) is 12.1. The second kappa shape index (κ2) is 5.24. The molecule has 2 aromatic rings. The highest BCUT2D eigenvalue weighted by molar-refractivity contribution is 5.87. The molecule has 5 heteroatoms. The second-order valence-electron chi connectivity index (χ2n) is 5.61. The number of hydrogen-bond donors (Lipinski definition) is 2. The third-order valence-electron chi connectivity index (χ3n) is 3.92. The summed E-state index contributed by atoms with van der Waals surface area (Å²) >= 11 is 0. The molecule has 0 atom stereocenters. The summed E-state index contributed by atoms with van der Waals surface area (Å²) in [6, 6.07) is 5.48. The van der Waals surface area contributed by atoms with E-state index >= 15 is 0 Å². The lowest BCUT2D eigenvalue weighted by molar-refractivity contribution is 0.0690. The lowest BCUT2D eigenvalue weighted by atomic mass is 10.0. The van der Waals surface area contributed by atoms with Gasteiger partial charge in [-0.15, -0.1) is 0 Å². The zero-order chi connectivity index (χ0) is 15.0. The number of carbonyl (C=O) groups is 1. The topological polar surface area (TPSA) is 75.2 Å². The number of nitrogens with one attached hydrogen (secondary N) is 1. The van der Waals surface area contributed by atoms with Gasteiger partial charge in [0.05, 0.1) is 12.3 Å². The van der Waals surface area contributed by atoms with E-state index in [1.807, 2.05) is 26.0 Å². The minimum Gasteiger partial charge on any atom is -0.492 e. The molecular formula is C16H18N2O3. The molecule has 1 aliphatic rings. The van der Waals surface area contributed by atoms with Crippen molar-refractivity contribution in [3.8, 4) is 17.0 Å². The molecule has 0 radical (unpaired) electrons. The molecule has 110 valence electrons. The van der Waals surface area contributed by atoms with Gasteiger partial charge in [-0.2, -0.15) is 5.10 Å². The molecule has 1 heterocycles. The third kappa shape index (κ3) is 2.77. The Labute approximate surface area is 123 Å². The molecule has 1 aromatic heterocycles. The first kappa shape index (κ1) is 13.7. The molecule has 21 heavy (non-hydrogen) atoms. The highest BCUT2D eigenvalue weighted by Gasteiger charge is 2.23. The van der Waals surface area contributed by atoms with Crippen LogP contribution >= 0.6 is 0 Å². The zero-order valence-corrected chi connectivity index (χ0v) is 12.1. The Balaban J connectivity index is 1.98. The van der Waals surface area contributed by atoms with Gasteiger partial charge in [-0.3, -0.25) is 5.10 Å². The number of H-pyrrole nitrogens is 1. The second-order valence-corrected chi connectivity index (χ2v) is 5.61.